The van der Waals surface area contributed by atoms with Gasteiger partial charge in [-0.25, -0.2) is 4.79 Å². The van der Waals surface area contributed by atoms with Crippen molar-refractivity contribution >= 4 is 29.2 Å². The molecule has 37 heavy (non-hydrogen) atoms. The average molecular weight is 519 g/mol. The predicted octanol–water partition coefficient (Wildman–Crippen LogP) is 6.50. The van der Waals surface area contributed by atoms with Crippen LogP contribution in [0.4, 0.5) is 11.5 Å². The number of esters is 1. The molecule has 192 valence electrons. The molecule has 0 radical (unpaired) electrons. The molecule has 8 nitrogen and oxygen atoms in total. The molecule has 1 fully saturated rings. The first-order chi connectivity index (χ1) is 17.8. The topological polar surface area (TPSA) is 99.3 Å². The van der Waals surface area contributed by atoms with E-state index in [2.05, 4.69) is 5.32 Å². The lowest BCUT2D eigenvalue weighted by molar-refractivity contribution is -0.385. The minimum absolute atomic E-state index is 0.0219. The Morgan fingerprint density at radius 1 is 1.16 bits per heavy atom. The summed E-state index contributed by atoms with van der Waals surface area (Å²) in [5.74, 6) is -0.129. The molecule has 1 N–H and O–H groups in total. The van der Waals surface area contributed by atoms with E-state index in [1.165, 1.54) is 17.8 Å². The molecular formula is C28H30N4O4S. The molecule has 2 heterocycles. The first-order valence-electron chi connectivity index (χ1n) is 12.6. The van der Waals surface area contributed by atoms with Gasteiger partial charge in [-0.3, -0.25) is 14.8 Å². The second kappa shape index (κ2) is 10.4. The summed E-state index contributed by atoms with van der Waals surface area (Å²) < 4.78 is 7.73. The molecule has 1 saturated carbocycles. The lowest BCUT2D eigenvalue weighted by atomic mass is 9.79. The largest absolute Gasteiger partial charge is 0.448 e. The van der Waals surface area contributed by atoms with Crippen LogP contribution in [0, 0.1) is 10.1 Å². The van der Waals surface area contributed by atoms with Gasteiger partial charge in [-0.05, 0) is 38.8 Å². The Balaban J connectivity index is 1.59. The fourth-order valence-corrected chi connectivity index (χ4v) is 6.34. The number of aryl methyl sites for hydroxylation is 1. The highest BCUT2D eigenvalue weighted by Crippen LogP contribution is 2.49. The van der Waals surface area contributed by atoms with Crippen molar-refractivity contribution < 1.29 is 14.5 Å². The maximum absolute atomic E-state index is 13.8. The second-order valence-corrected chi connectivity index (χ2v) is 10.9. The van der Waals surface area contributed by atoms with E-state index in [0.29, 0.717) is 16.8 Å². The fraction of sp³-hybridized carbons (Fsp3) is 0.357. The Bertz CT molecular complexity index is 1360. The Morgan fingerprint density at radius 2 is 1.84 bits per heavy atom. The van der Waals surface area contributed by atoms with Gasteiger partial charge in [0, 0.05) is 40.8 Å². The summed E-state index contributed by atoms with van der Waals surface area (Å²) in [5.41, 5.74) is 2.74. The van der Waals surface area contributed by atoms with Crippen LogP contribution in [0.5, 0.6) is 0 Å². The number of aromatic nitrogens is 2. The molecule has 2 atom stereocenters. The van der Waals surface area contributed by atoms with Crippen molar-refractivity contribution in [2.24, 2.45) is 7.05 Å². The number of nitro benzene ring substituents is 1. The van der Waals surface area contributed by atoms with E-state index >= 15 is 0 Å². The Hall–Kier alpha value is -3.59. The van der Waals surface area contributed by atoms with Crippen molar-refractivity contribution in [2.45, 2.75) is 61.7 Å². The summed E-state index contributed by atoms with van der Waals surface area (Å²) in [5, 5.41) is 20.3. The van der Waals surface area contributed by atoms with Crippen molar-refractivity contribution in [3.8, 4) is 0 Å². The zero-order chi connectivity index (χ0) is 26.1. The van der Waals surface area contributed by atoms with Crippen LogP contribution in [0.3, 0.4) is 0 Å². The van der Waals surface area contributed by atoms with Gasteiger partial charge in [-0.1, -0.05) is 61.0 Å². The number of rotatable bonds is 7. The summed E-state index contributed by atoms with van der Waals surface area (Å²) >= 11 is 1.44. The third-order valence-corrected chi connectivity index (χ3v) is 8.10. The first-order valence-corrected chi connectivity index (χ1v) is 13.4. The molecule has 1 aromatic heterocycles. The number of nitrogens with one attached hydrogen (secondary N) is 1. The van der Waals surface area contributed by atoms with E-state index in [1.807, 2.05) is 51.2 Å². The highest BCUT2D eigenvalue weighted by molar-refractivity contribution is 7.99. The Kier molecular flexibility index (Phi) is 7.06. The number of nitrogens with zero attached hydrogens (tertiary/aromatic N) is 3. The number of hydrogen-bond acceptors (Lipinski definition) is 7. The summed E-state index contributed by atoms with van der Waals surface area (Å²) in [4.78, 5) is 26.5. The van der Waals surface area contributed by atoms with Crippen LogP contribution in [0.1, 0.15) is 68.2 Å². The molecule has 2 unspecified atom stereocenters. The number of carbonyl (C=O) groups excluding carboxylic acids is 1. The van der Waals surface area contributed by atoms with Gasteiger partial charge >= 0.3 is 5.97 Å². The Labute approximate surface area is 220 Å². The van der Waals surface area contributed by atoms with Crippen LogP contribution in [-0.2, 0) is 16.6 Å². The molecule has 0 spiro atoms. The van der Waals surface area contributed by atoms with Crippen LogP contribution in [0.15, 0.2) is 70.8 Å². The number of fused-ring (bicyclic) bond motifs is 1. The number of anilines is 1. The van der Waals surface area contributed by atoms with Gasteiger partial charge in [0.15, 0.2) is 0 Å². The quantitative estimate of drug-likeness (QED) is 0.125. The van der Waals surface area contributed by atoms with Gasteiger partial charge in [0.2, 0.25) is 0 Å². The summed E-state index contributed by atoms with van der Waals surface area (Å²) in [6, 6.07) is 16.4. The molecule has 2 aromatic carbocycles. The monoisotopic (exact) mass is 518 g/mol. The SMILES string of the molecule is CC1=C(C(=O)OC(C)Sc2ccccc2)C(c2ccccc2[N+](=O)[O-])c2c(C3CCCC3)nn(C)c2N1. The molecular weight excluding hydrogens is 488 g/mol. The van der Waals surface area contributed by atoms with E-state index in [0.717, 1.165) is 47.7 Å². The van der Waals surface area contributed by atoms with Gasteiger partial charge in [0.05, 0.1) is 22.1 Å². The molecule has 9 heteroatoms. The van der Waals surface area contributed by atoms with Crippen molar-refractivity contribution in [2.75, 3.05) is 5.32 Å². The highest BCUT2D eigenvalue weighted by Gasteiger charge is 2.42. The molecule has 1 aliphatic heterocycles. The number of para-hydroxylation sites is 1. The number of benzene rings is 2. The highest BCUT2D eigenvalue weighted by atomic mass is 32.2. The van der Waals surface area contributed by atoms with Crippen LogP contribution < -0.4 is 5.32 Å². The average Bonchev–Trinajstić information content (AvgIpc) is 3.52. The number of hydrogen-bond donors (Lipinski definition) is 1. The number of nitro groups is 1. The zero-order valence-electron chi connectivity index (χ0n) is 21.1. The fourth-order valence-electron chi connectivity index (χ4n) is 5.51. The van der Waals surface area contributed by atoms with Gasteiger partial charge in [-0.15, -0.1) is 0 Å². The zero-order valence-corrected chi connectivity index (χ0v) is 22.0. The number of carbonyl (C=O) groups is 1. The Morgan fingerprint density at radius 3 is 2.54 bits per heavy atom. The van der Waals surface area contributed by atoms with Crippen LogP contribution in [0.2, 0.25) is 0 Å². The maximum Gasteiger partial charge on any atom is 0.337 e. The summed E-state index contributed by atoms with van der Waals surface area (Å²) in [6.07, 6.45) is 4.27. The van der Waals surface area contributed by atoms with E-state index in [4.69, 9.17) is 9.84 Å². The summed E-state index contributed by atoms with van der Waals surface area (Å²) in [6.45, 7) is 3.65. The van der Waals surface area contributed by atoms with Gasteiger partial charge in [0.1, 0.15) is 11.3 Å². The number of thioether (sulfide) groups is 1. The second-order valence-electron chi connectivity index (χ2n) is 9.57. The maximum atomic E-state index is 13.8. The molecule has 3 aromatic rings. The smallest absolute Gasteiger partial charge is 0.337 e. The van der Waals surface area contributed by atoms with E-state index < -0.39 is 17.3 Å². The predicted molar refractivity (Wildman–Crippen MR) is 144 cm³/mol. The third-order valence-electron chi connectivity index (χ3n) is 7.12. The first kappa shape index (κ1) is 25.1. The van der Waals surface area contributed by atoms with Crippen molar-refractivity contribution in [3.63, 3.8) is 0 Å². The van der Waals surface area contributed by atoms with E-state index in [1.54, 1.807) is 22.9 Å². The normalized spacial score (nSPS) is 18.3. The molecule has 1 aliphatic carbocycles. The molecule has 0 amide bonds. The van der Waals surface area contributed by atoms with Gasteiger partial charge in [0.25, 0.3) is 5.69 Å². The van der Waals surface area contributed by atoms with Crippen molar-refractivity contribution in [1.82, 2.24) is 9.78 Å². The van der Waals surface area contributed by atoms with Crippen molar-refractivity contribution in [3.05, 3.63) is 92.8 Å². The minimum Gasteiger partial charge on any atom is -0.448 e. The molecule has 2 aliphatic rings. The van der Waals surface area contributed by atoms with Crippen LogP contribution in [-0.4, -0.2) is 26.1 Å². The lowest BCUT2D eigenvalue weighted by Crippen LogP contribution is -2.27. The summed E-state index contributed by atoms with van der Waals surface area (Å²) in [7, 11) is 1.87. The number of ether oxygens (including phenoxy) is 1. The number of allylic oxidation sites excluding steroid dienone is 1. The molecule has 0 saturated heterocycles. The minimum atomic E-state index is -0.663. The lowest BCUT2D eigenvalue weighted by Gasteiger charge is -2.30. The van der Waals surface area contributed by atoms with E-state index in [-0.39, 0.29) is 16.5 Å². The van der Waals surface area contributed by atoms with Gasteiger partial charge < -0.3 is 10.1 Å². The standard InChI is InChI=1S/C28H30N4O4S/c1-17-23(28(33)36-18(2)37-20-13-5-4-6-14-20)24(21-15-9-10-16-22(21)32(34)35)25-26(19-11-7-8-12-19)30-31(3)27(25)29-17/h4-6,9-10,13-16,18-19,24,29H,7-8,11-12H2,1-3H3. The van der Waals surface area contributed by atoms with Crippen LogP contribution >= 0.6 is 11.8 Å². The van der Waals surface area contributed by atoms with E-state index in [9.17, 15) is 14.9 Å². The van der Waals surface area contributed by atoms with Gasteiger partial charge in [-0.2, -0.15) is 5.10 Å². The van der Waals surface area contributed by atoms with Crippen LogP contribution in [0.25, 0.3) is 0 Å². The van der Waals surface area contributed by atoms with Crippen molar-refractivity contribution in [1.29, 1.82) is 0 Å². The molecule has 0 bridgehead atoms. The molecule has 5 rings (SSSR count). The third kappa shape index (κ3) is 4.87.